The summed E-state index contributed by atoms with van der Waals surface area (Å²) in [7, 11) is 0. The van der Waals surface area contributed by atoms with Crippen molar-refractivity contribution in [3.63, 3.8) is 0 Å². The first-order valence-corrected chi connectivity index (χ1v) is 5.51. The van der Waals surface area contributed by atoms with E-state index in [1.165, 1.54) is 19.9 Å². The minimum atomic E-state index is -1.01. The summed E-state index contributed by atoms with van der Waals surface area (Å²) in [5.74, 6) is -0.561. The van der Waals surface area contributed by atoms with Crippen molar-refractivity contribution in [2.45, 2.75) is 45.4 Å². The van der Waals surface area contributed by atoms with E-state index in [0.717, 1.165) is 0 Å². The standard InChI is InChI=1S/C12H17FO3/c1-8(13)4-3-5-10-11(15)6-7-12(10)16-9(2)14/h3-4,8,10,12H,5-7H2,1-2H3/b4-3-/t8?,10-,12-/m0/s1. The Morgan fingerprint density at radius 3 is 2.94 bits per heavy atom. The summed E-state index contributed by atoms with van der Waals surface area (Å²) >= 11 is 0. The molecule has 1 aliphatic carbocycles. The van der Waals surface area contributed by atoms with Crippen LogP contribution in [0.5, 0.6) is 0 Å². The number of halogens is 1. The van der Waals surface area contributed by atoms with E-state index in [0.29, 0.717) is 19.3 Å². The first-order chi connectivity index (χ1) is 7.50. The minimum absolute atomic E-state index is 0.0995. The third-order valence-corrected chi connectivity index (χ3v) is 2.65. The highest BCUT2D eigenvalue weighted by molar-refractivity contribution is 5.84. The van der Waals surface area contributed by atoms with Gasteiger partial charge in [-0.15, -0.1) is 0 Å². The molecule has 1 rings (SSSR count). The molecule has 0 aromatic carbocycles. The molecule has 4 heteroatoms. The lowest BCUT2D eigenvalue weighted by Crippen LogP contribution is -2.24. The molecule has 3 nitrogen and oxygen atoms in total. The first-order valence-electron chi connectivity index (χ1n) is 5.51. The number of ketones is 1. The molecule has 1 unspecified atom stereocenters. The van der Waals surface area contributed by atoms with E-state index in [4.69, 9.17) is 4.74 Å². The van der Waals surface area contributed by atoms with Crippen LogP contribution in [0.1, 0.15) is 33.1 Å². The number of ether oxygens (including phenoxy) is 1. The van der Waals surface area contributed by atoms with Gasteiger partial charge in [-0.2, -0.15) is 0 Å². The Morgan fingerprint density at radius 1 is 1.69 bits per heavy atom. The second-order valence-corrected chi connectivity index (χ2v) is 4.10. The molecule has 0 spiro atoms. The SMILES string of the molecule is CC(=O)O[C@H]1CCC(=O)[C@@H]1C/C=C\C(C)F. The van der Waals surface area contributed by atoms with Crippen molar-refractivity contribution in [3.05, 3.63) is 12.2 Å². The lowest BCUT2D eigenvalue weighted by Gasteiger charge is -2.16. The second-order valence-electron chi connectivity index (χ2n) is 4.10. The number of allylic oxidation sites excluding steroid dienone is 2. The summed E-state index contributed by atoms with van der Waals surface area (Å²) in [6.07, 6.45) is 3.20. The predicted octanol–water partition coefficient (Wildman–Crippen LogP) is 2.20. The zero-order valence-electron chi connectivity index (χ0n) is 9.61. The number of hydrogen-bond donors (Lipinski definition) is 0. The fourth-order valence-electron chi connectivity index (χ4n) is 1.93. The second kappa shape index (κ2) is 5.77. The maximum atomic E-state index is 12.5. The normalized spacial score (nSPS) is 27.3. The van der Waals surface area contributed by atoms with Crippen molar-refractivity contribution in [2.75, 3.05) is 0 Å². The lowest BCUT2D eigenvalue weighted by atomic mass is 10.00. The van der Waals surface area contributed by atoms with Crippen LogP contribution in [-0.4, -0.2) is 24.0 Å². The maximum Gasteiger partial charge on any atom is 0.302 e. The molecule has 0 aromatic heterocycles. The van der Waals surface area contributed by atoms with Gasteiger partial charge in [0.2, 0.25) is 0 Å². The molecule has 0 aliphatic heterocycles. The number of Topliss-reactive ketones (excluding diaryl/α,β-unsaturated/α-hetero) is 1. The van der Waals surface area contributed by atoms with Crippen LogP contribution in [-0.2, 0) is 14.3 Å². The van der Waals surface area contributed by atoms with Gasteiger partial charge in [0.05, 0.1) is 5.92 Å². The molecule has 0 heterocycles. The summed E-state index contributed by atoms with van der Waals surface area (Å²) in [6, 6.07) is 0. The van der Waals surface area contributed by atoms with Gasteiger partial charge in [-0.05, 0) is 19.8 Å². The molecule has 1 aliphatic rings. The summed E-state index contributed by atoms with van der Waals surface area (Å²) in [6.45, 7) is 2.76. The average molecular weight is 228 g/mol. The van der Waals surface area contributed by atoms with Crippen LogP contribution in [0.2, 0.25) is 0 Å². The monoisotopic (exact) mass is 228 g/mol. The summed E-state index contributed by atoms with van der Waals surface area (Å²) in [5.41, 5.74) is 0. The van der Waals surface area contributed by atoms with Crippen molar-refractivity contribution in [2.24, 2.45) is 5.92 Å². The highest BCUT2D eigenvalue weighted by Crippen LogP contribution is 2.28. The molecule has 0 radical (unpaired) electrons. The molecule has 0 amide bonds. The van der Waals surface area contributed by atoms with Crippen LogP contribution >= 0.6 is 0 Å². The largest absolute Gasteiger partial charge is 0.462 e. The van der Waals surface area contributed by atoms with Crippen molar-refractivity contribution >= 4 is 11.8 Å². The molecular weight excluding hydrogens is 211 g/mol. The fourth-order valence-corrected chi connectivity index (χ4v) is 1.93. The number of esters is 1. The van der Waals surface area contributed by atoms with E-state index < -0.39 is 6.17 Å². The number of alkyl halides is 1. The summed E-state index contributed by atoms with van der Waals surface area (Å²) in [4.78, 5) is 22.3. The van der Waals surface area contributed by atoms with E-state index in [-0.39, 0.29) is 23.8 Å². The molecule has 1 fully saturated rings. The van der Waals surface area contributed by atoms with Gasteiger partial charge in [-0.1, -0.05) is 12.2 Å². The van der Waals surface area contributed by atoms with Gasteiger partial charge in [-0.3, -0.25) is 9.59 Å². The van der Waals surface area contributed by atoms with Crippen LogP contribution in [0.4, 0.5) is 4.39 Å². The molecule has 1 saturated carbocycles. The molecular formula is C12H17FO3. The Hall–Kier alpha value is -1.19. The highest BCUT2D eigenvalue weighted by atomic mass is 19.1. The zero-order valence-corrected chi connectivity index (χ0v) is 9.61. The first kappa shape index (κ1) is 12.9. The highest BCUT2D eigenvalue weighted by Gasteiger charge is 2.35. The molecule has 90 valence electrons. The van der Waals surface area contributed by atoms with Crippen LogP contribution in [0.3, 0.4) is 0 Å². The van der Waals surface area contributed by atoms with Gasteiger partial charge in [0, 0.05) is 13.3 Å². The topological polar surface area (TPSA) is 43.4 Å². The van der Waals surface area contributed by atoms with Gasteiger partial charge in [0.1, 0.15) is 18.1 Å². The lowest BCUT2D eigenvalue weighted by molar-refractivity contribution is -0.148. The van der Waals surface area contributed by atoms with Crippen molar-refractivity contribution in [1.29, 1.82) is 0 Å². The van der Waals surface area contributed by atoms with E-state index in [2.05, 4.69) is 0 Å². The number of rotatable bonds is 4. The van der Waals surface area contributed by atoms with Gasteiger partial charge < -0.3 is 4.74 Å². The van der Waals surface area contributed by atoms with Crippen LogP contribution in [0, 0.1) is 5.92 Å². The summed E-state index contributed by atoms with van der Waals surface area (Å²) in [5, 5.41) is 0. The zero-order chi connectivity index (χ0) is 12.1. The summed E-state index contributed by atoms with van der Waals surface area (Å²) < 4.78 is 17.6. The Balaban J connectivity index is 2.53. The number of carbonyl (C=O) groups excluding carboxylic acids is 2. The third-order valence-electron chi connectivity index (χ3n) is 2.65. The van der Waals surface area contributed by atoms with Crippen LogP contribution in [0.15, 0.2) is 12.2 Å². The number of carbonyl (C=O) groups is 2. The van der Waals surface area contributed by atoms with Gasteiger partial charge in [-0.25, -0.2) is 4.39 Å². The predicted molar refractivity (Wildman–Crippen MR) is 57.6 cm³/mol. The van der Waals surface area contributed by atoms with Gasteiger partial charge in [0.25, 0.3) is 0 Å². The quantitative estimate of drug-likeness (QED) is 0.547. The van der Waals surface area contributed by atoms with E-state index in [9.17, 15) is 14.0 Å². The van der Waals surface area contributed by atoms with E-state index >= 15 is 0 Å². The van der Waals surface area contributed by atoms with Crippen molar-refractivity contribution < 1.29 is 18.7 Å². The fraction of sp³-hybridized carbons (Fsp3) is 0.667. The Morgan fingerprint density at radius 2 is 2.38 bits per heavy atom. The van der Waals surface area contributed by atoms with Crippen LogP contribution < -0.4 is 0 Å². The Kier molecular flexibility index (Phi) is 4.65. The van der Waals surface area contributed by atoms with Gasteiger partial charge in [0.15, 0.2) is 0 Å². The smallest absolute Gasteiger partial charge is 0.302 e. The van der Waals surface area contributed by atoms with Crippen molar-refractivity contribution in [3.8, 4) is 0 Å². The van der Waals surface area contributed by atoms with Crippen LogP contribution in [0.25, 0.3) is 0 Å². The molecule has 0 aromatic rings. The van der Waals surface area contributed by atoms with Gasteiger partial charge >= 0.3 is 5.97 Å². The third kappa shape index (κ3) is 3.76. The maximum absolute atomic E-state index is 12.5. The molecule has 0 N–H and O–H groups in total. The molecule has 16 heavy (non-hydrogen) atoms. The minimum Gasteiger partial charge on any atom is -0.462 e. The molecule has 3 atom stereocenters. The molecule has 0 saturated heterocycles. The van der Waals surface area contributed by atoms with E-state index in [1.54, 1.807) is 6.08 Å². The Labute approximate surface area is 94.7 Å². The van der Waals surface area contributed by atoms with Crippen molar-refractivity contribution in [1.82, 2.24) is 0 Å². The molecule has 0 bridgehead atoms. The number of hydrogen-bond acceptors (Lipinski definition) is 3. The average Bonchev–Trinajstić information content (AvgIpc) is 2.48. The Bertz CT molecular complexity index is 297. The van der Waals surface area contributed by atoms with E-state index in [1.807, 2.05) is 0 Å².